The van der Waals surface area contributed by atoms with Crippen LogP contribution in [0.25, 0.3) is 6.08 Å². The second kappa shape index (κ2) is 14.2. The zero-order valence-corrected chi connectivity index (χ0v) is 24.1. The number of ether oxygens (including phenoxy) is 2. The summed E-state index contributed by atoms with van der Waals surface area (Å²) in [6.45, 7) is 8.33. The van der Waals surface area contributed by atoms with Crippen LogP contribution in [0.3, 0.4) is 0 Å². The number of carbonyl (C=O) groups excluding carboxylic acids is 1. The predicted octanol–water partition coefficient (Wildman–Crippen LogP) is 6.57. The molecule has 0 aromatic heterocycles. The molecule has 0 bridgehead atoms. The Morgan fingerprint density at radius 2 is 1.74 bits per heavy atom. The lowest BCUT2D eigenvalue weighted by molar-refractivity contribution is -0.384. The second-order valence-corrected chi connectivity index (χ2v) is 9.48. The summed E-state index contributed by atoms with van der Waals surface area (Å²) >= 11 is 2.11. The van der Waals surface area contributed by atoms with Crippen molar-refractivity contribution in [2.45, 2.75) is 27.4 Å². The fraction of sp³-hybridized carbons (Fsp3) is 0.241. The molecule has 0 saturated carbocycles. The van der Waals surface area contributed by atoms with Gasteiger partial charge in [0.15, 0.2) is 11.5 Å². The van der Waals surface area contributed by atoms with Crippen molar-refractivity contribution in [3.8, 4) is 17.6 Å². The molecule has 0 aliphatic carbocycles. The summed E-state index contributed by atoms with van der Waals surface area (Å²) < 4.78 is 12.5. The number of nitrogens with one attached hydrogen (secondary N) is 1. The molecule has 202 valence electrons. The van der Waals surface area contributed by atoms with Crippen molar-refractivity contribution < 1.29 is 19.2 Å². The molecule has 0 heterocycles. The van der Waals surface area contributed by atoms with Gasteiger partial charge in [0, 0.05) is 36.6 Å². The van der Waals surface area contributed by atoms with E-state index in [4.69, 9.17) is 9.47 Å². The van der Waals surface area contributed by atoms with Crippen LogP contribution < -0.4 is 19.7 Å². The number of benzene rings is 3. The van der Waals surface area contributed by atoms with Crippen molar-refractivity contribution >= 4 is 51.6 Å². The maximum atomic E-state index is 12.9. The standard InChI is InChI=1S/C29H29IN4O5/c1-4-33(5-2)24-13-9-23(10-14-24)32-29(35)22(18-31)15-21-16-26(30)28(27(17-21)38-6-3)39-19-20-7-11-25(12-8-20)34(36)37/h7-17H,4-6,19H2,1-3H3,(H,32,35)/b22-15-. The molecule has 3 aromatic rings. The number of halogens is 1. The molecular weight excluding hydrogens is 611 g/mol. The van der Waals surface area contributed by atoms with Crippen molar-refractivity contribution in [3.05, 3.63) is 91.0 Å². The monoisotopic (exact) mass is 640 g/mol. The number of rotatable bonds is 12. The lowest BCUT2D eigenvalue weighted by Gasteiger charge is -2.21. The van der Waals surface area contributed by atoms with Crippen LogP contribution in [0.1, 0.15) is 31.9 Å². The van der Waals surface area contributed by atoms with Crippen LogP contribution in [-0.4, -0.2) is 30.5 Å². The molecule has 10 heteroatoms. The lowest BCUT2D eigenvalue weighted by atomic mass is 10.1. The molecule has 0 fully saturated rings. The van der Waals surface area contributed by atoms with Gasteiger partial charge in [0.1, 0.15) is 18.2 Å². The maximum Gasteiger partial charge on any atom is 0.269 e. The van der Waals surface area contributed by atoms with Crippen LogP contribution in [0.2, 0.25) is 0 Å². The van der Waals surface area contributed by atoms with Crippen molar-refractivity contribution in [1.82, 2.24) is 0 Å². The summed E-state index contributed by atoms with van der Waals surface area (Å²) in [5.41, 5.74) is 2.97. The van der Waals surface area contributed by atoms with Crippen LogP contribution >= 0.6 is 22.6 Å². The Morgan fingerprint density at radius 3 is 2.31 bits per heavy atom. The van der Waals surface area contributed by atoms with Crippen molar-refractivity contribution in [2.24, 2.45) is 0 Å². The highest BCUT2D eigenvalue weighted by molar-refractivity contribution is 14.1. The first-order chi connectivity index (χ1) is 18.8. The molecule has 0 radical (unpaired) electrons. The Labute approximate surface area is 241 Å². The van der Waals surface area contributed by atoms with E-state index in [-0.39, 0.29) is 17.9 Å². The zero-order valence-electron chi connectivity index (χ0n) is 21.9. The van der Waals surface area contributed by atoms with E-state index in [0.717, 1.165) is 27.9 Å². The smallest absolute Gasteiger partial charge is 0.269 e. The Kier molecular flexibility index (Phi) is 10.7. The molecule has 0 aliphatic heterocycles. The predicted molar refractivity (Wildman–Crippen MR) is 160 cm³/mol. The maximum absolute atomic E-state index is 12.9. The average Bonchev–Trinajstić information content (AvgIpc) is 2.93. The highest BCUT2D eigenvalue weighted by Crippen LogP contribution is 2.35. The third-order valence-corrected chi connectivity index (χ3v) is 6.59. The van der Waals surface area contributed by atoms with E-state index in [2.05, 4.69) is 46.7 Å². The Morgan fingerprint density at radius 1 is 1.08 bits per heavy atom. The topological polar surface area (TPSA) is 118 Å². The first-order valence-corrected chi connectivity index (χ1v) is 13.5. The number of hydrogen-bond acceptors (Lipinski definition) is 7. The van der Waals surface area contributed by atoms with Gasteiger partial charge in [0.25, 0.3) is 11.6 Å². The lowest BCUT2D eigenvalue weighted by Crippen LogP contribution is -2.21. The third-order valence-electron chi connectivity index (χ3n) is 5.79. The quantitative estimate of drug-likeness (QED) is 0.0783. The largest absolute Gasteiger partial charge is 0.490 e. The summed E-state index contributed by atoms with van der Waals surface area (Å²) in [4.78, 5) is 25.5. The van der Waals surface area contributed by atoms with Gasteiger partial charge < -0.3 is 19.7 Å². The highest BCUT2D eigenvalue weighted by Gasteiger charge is 2.15. The minimum atomic E-state index is -0.514. The van der Waals surface area contributed by atoms with Crippen molar-refractivity contribution in [2.75, 3.05) is 29.9 Å². The SMILES string of the molecule is CCOc1cc(/C=C(/C#N)C(=O)Nc2ccc(N(CC)CC)cc2)cc(I)c1OCc1ccc([N+](=O)[O-])cc1. The molecule has 0 saturated heterocycles. The molecule has 39 heavy (non-hydrogen) atoms. The van der Waals surface area contributed by atoms with Gasteiger partial charge in [0.2, 0.25) is 0 Å². The number of amides is 1. The molecular formula is C29H29IN4O5. The molecule has 9 nitrogen and oxygen atoms in total. The van der Waals surface area contributed by atoms with Crippen LogP contribution in [0.5, 0.6) is 11.5 Å². The van der Waals surface area contributed by atoms with Crippen molar-refractivity contribution in [3.63, 3.8) is 0 Å². The Hall–Kier alpha value is -4.11. The summed E-state index contributed by atoms with van der Waals surface area (Å²) in [6, 6.07) is 19.1. The molecule has 3 aromatic carbocycles. The molecule has 0 unspecified atom stereocenters. The first kappa shape index (κ1) is 29.4. The minimum absolute atomic E-state index is 0.00783. The number of nitro groups is 1. The first-order valence-electron chi connectivity index (χ1n) is 12.4. The van der Waals surface area contributed by atoms with Crippen LogP contribution in [0.4, 0.5) is 17.1 Å². The fourth-order valence-corrected chi connectivity index (χ4v) is 4.58. The summed E-state index contributed by atoms with van der Waals surface area (Å²) in [7, 11) is 0. The molecule has 0 atom stereocenters. The van der Waals surface area contributed by atoms with E-state index in [1.54, 1.807) is 24.3 Å². The van der Waals surface area contributed by atoms with Crippen LogP contribution in [0, 0.1) is 25.0 Å². The molecule has 0 spiro atoms. The highest BCUT2D eigenvalue weighted by atomic mass is 127. The van der Waals surface area contributed by atoms with Gasteiger partial charge in [0.05, 0.1) is 15.1 Å². The molecule has 0 aliphatic rings. The van der Waals surface area contributed by atoms with Crippen LogP contribution in [0.15, 0.2) is 66.2 Å². The number of nitrogens with zero attached hydrogens (tertiary/aromatic N) is 3. The molecule has 1 amide bonds. The Bertz CT molecular complexity index is 1380. The minimum Gasteiger partial charge on any atom is -0.490 e. The summed E-state index contributed by atoms with van der Waals surface area (Å²) in [6.07, 6.45) is 1.50. The number of anilines is 2. The zero-order chi connectivity index (χ0) is 28.4. The van der Waals surface area contributed by atoms with Gasteiger partial charge >= 0.3 is 0 Å². The van der Waals surface area contributed by atoms with E-state index in [1.165, 1.54) is 18.2 Å². The number of hydrogen-bond donors (Lipinski definition) is 1. The van der Waals surface area contributed by atoms with E-state index in [9.17, 15) is 20.2 Å². The third kappa shape index (κ3) is 7.94. The molecule has 3 rings (SSSR count). The van der Waals surface area contributed by atoms with Crippen LogP contribution in [-0.2, 0) is 11.4 Å². The van der Waals surface area contributed by atoms with E-state index in [0.29, 0.717) is 29.4 Å². The van der Waals surface area contributed by atoms with Gasteiger partial charge in [-0.2, -0.15) is 5.26 Å². The number of carbonyl (C=O) groups is 1. The van der Waals surface area contributed by atoms with Crippen molar-refractivity contribution in [1.29, 1.82) is 5.26 Å². The summed E-state index contributed by atoms with van der Waals surface area (Å²) in [5.74, 6) is 0.450. The number of nitro benzene ring substituents is 1. The second-order valence-electron chi connectivity index (χ2n) is 8.32. The summed E-state index contributed by atoms with van der Waals surface area (Å²) in [5, 5.41) is 23.4. The van der Waals surface area contributed by atoms with Gasteiger partial charge in [-0.1, -0.05) is 0 Å². The van der Waals surface area contributed by atoms with Gasteiger partial charge in [-0.15, -0.1) is 0 Å². The normalized spacial score (nSPS) is 10.9. The van der Waals surface area contributed by atoms with Gasteiger partial charge in [-0.05, 0) is 109 Å². The van der Waals surface area contributed by atoms with Gasteiger partial charge in [-0.25, -0.2) is 0 Å². The van der Waals surface area contributed by atoms with E-state index in [1.807, 2.05) is 37.3 Å². The van der Waals surface area contributed by atoms with Gasteiger partial charge in [-0.3, -0.25) is 14.9 Å². The number of non-ortho nitro benzene ring substituents is 1. The molecule has 1 N–H and O–H groups in total. The Balaban J connectivity index is 1.78. The van der Waals surface area contributed by atoms with E-state index < -0.39 is 10.8 Å². The average molecular weight is 640 g/mol. The fourth-order valence-electron chi connectivity index (χ4n) is 3.80. The number of nitriles is 1. The van der Waals surface area contributed by atoms with E-state index >= 15 is 0 Å².